The SMILES string of the molecule is FCCCOc1ccc([C@@H]2CCCN2)cc1. The fourth-order valence-electron chi connectivity index (χ4n) is 2.01. The van der Waals surface area contributed by atoms with E-state index in [4.69, 9.17) is 4.74 Å². The first-order valence-corrected chi connectivity index (χ1v) is 5.92. The van der Waals surface area contributed by atoms with Crippen LogP contribution in [0.25, 0.3) is 0 Å². The zero-order valence-corrected chi connectivity index (χ0v) is 9.42. The lowest BCUT2D eigenvalue weighted by Gasteiger charge is -2.11. The molecule has 2 nitrogen and oxygen atoms in total. The van der Waals surface area contributed by atoms with E-state index in [1.165, 1.54) is 18.4 Å². The predicted molar refractivity (Wildman–Crippen MR) is 62.5 cm³/mol. The predicted octanol–water partition coefficient (Wildman–Crippen LogP) is 2.85. The summed E-state index contributed by atoms with van der Waals surface area (Å²) in [5.74, 6) is 0.829. The summed E-state index contributed by atoms with van der Waals surface area (Å²) in [5, 5.41) is 3.45. The van der Waals surface area contributed by atoms with E-state index in [9.17, 15) is 4.39 Å². The summed E-state index contributed by atoms with van der Waals surface area (Å²) < 4.78 is 17.3. The highest BCUT2D eigenvalue weighted by atomic mass is 19.1. The van der Waals surface area contributed by atoms with Gasteiger partial charge in [-0.2, -0.15) is 0 Å². The molecule has 1 N–H and O–H groups in total. The molecule has 1 aromatic carbocycles. The first kappa shape index (κ1) is 11.4. The standard InChI is InChI=1S/C13H18FNO/c14-8-2-10-16-12-6-4-11(5-7-12)13-3-1-9-15-13/h4-7,13,15H,1-3,8-10H2/t13-/m0/s1. The van der Waals surface area contributed by atoms with Gasteiger partial charge in [0, 0.05) is 12.5 Å². The van der Waals surface area contributed by atoms with Crippen molar-refractivity contribution in [3.8, 4) is 5.75 Å². The Morgan fingerprint density at radius 2 is 2.12 bits per heavy atom. The Hall–Kier alpha value is -1.09. The highest BCUT2D eigenvalue weighted by Gasteiger charge is 2.15. The minimum Gasteiger partial charge on any atom is -0.494 e. The molecule has 88 valence electrons. The molecule has 1 saturated heterocycles. The van der Waals surface area contributed by atoms with Gasteiger partial charge in [-0.15, -0.1) is 0 Å². The summed E-state index contributed by atoms with van der Waals surface area (Å²) in [7, 11) is 0. The van der Waals surface area contributed by atoms with Gasteiger partial charge < -0.3 is 10.1 Å². The smallest absolute Gasteiger partial charge is 0.119 e. The second kappa shape index (κ2) is 5.85. The molecule has 0 aromatic heterocycles. The third kappa shape index (κ3) is 2.95. The van der Waals surface area contributed by atoms with Crippen molar-refractivity contribution in [2.24, 2.45) is 0 Å². The third-order valence-electron chi connectivity index (χ3n) is 2.89. The van der Waals surface area contributed by atoms with E-state index < -0.39 is 0 Å². The van der Waals surface area contributed by atoms with Crippen LogP contribution < -0.4 is 10.1 Å². The van der Waals surface area contributed by atoms with Gasteiger partial charge >= 0.3 is 0 Å². The van der Waals surface area contributed by atoms with Crippen molar-refractivity contribution in [2.75, 3.05) is 19.8 Å². The minimum absolute atomic E-state index is 0.315. The zero-order chi connectivity index (χ0) is 11.2. The molecule has 1 aromatic rings. The van der Waals surface area contributed by atoms with Gasteiger partial charge in [-0.05, 0) is 37.1 Å². The summed E-state index contributed by atoms with van der Waals surface area (Å²) in [6, 6.07) is 8.61. The molecule has 0 amide bonds. The van der Waals surface area contributed by atoms with E-state index in [1.54, 1.807) is 0 Å². The molecule has 0 unspecified atom stereocenters. The second-order valence-electron chi connectivity index (χ2n) is 4.11. The van der Waals surface area contributed by atoms with Crippen molar-refractivity contribution < 1.29 is 9.13 Å². The maximum absolute atomic E-state index is 11.9. The molecular weight excluding hydrogens is 205 g/mol. The Kier molecular flexibility index (Phi) is 4.17. The minimum atomic E-state index is -0.315. The lowest BCUT2D eigenvalue weighted by atomic mass is 10.1. The van der Waals surface area contributed by atoms with Crippen LogP contribution in [-0.4, -0.2) is 19.8 Å². The van der Waals surface area contributed by atoms with E-state index in [-0.39, 0.29) is 6.67 Å². The molecule has 1 heterocycles. The number of hydrogen-bond acceptors (Lipinski definition) is 2. The van der Waals surface area contributed by atoms with Crippen molar-refractivity contribution in [1.82, 2.24) is 5.32 Å². The average molecular weight is 223 g/mol. The summed E-state index contributed by atoms with van der Waals surface area (Å²) in [5.41, 5.74) is 1.32. The number of nitrogens with one attached hydrogen (secondary N) is 1. The first-order chi connectivity index (χ1) is 7.90. The largest absolute Gasteiger partial charge is 0.494 e. The quantitative estimate of drug-likeness (QED) is 0.775. The van der Waals surface area contributed by atoms with Crippen LogP contribution in [0.4, 0.5) is 4.39 Å². The van der Waals surface area contributed by atoms with Crippen molar-refractivity contribution in [3.05, 3.63) is 29.8 Å². The van der Waals surface area contributed by atoms with Crippen LogP contribution in [-0.2, 0) is 0 Å². The topological polar surface area (TPSA) is 21.3 Å². The van der Waals surface area contributed by atoms with Crippen LogP contribution in [0.1, 0.15) is 30.9 Å². The summed E-state index contributed by atoms with van der Waals surface area (Å²) in [6.45, 7) is 1.25. The van der Waals surface area contributed by atoms with Crippen molar-refractivity contribution >= 4 is 0 Å². The molecule has 3 heteroatoms. The van der Waals surface area contributed by atoms with Gasteiger partial charge in [-0.3, -0.25) is 4.39 Å². The maximum atomic E-state index is 11.9. The van der Waals surface area contributed by atoms with Gasteiger partial charge in [0.1, 0.15) is 5.75 Å². The molecule has 1 aliphatic rings. The molecule has 0 aliphatic carbocycles. The monoisotopic (exact) mass is 223 g/mol. The molecule has 0 spiro atoms. The Bertz CT molecular complexity index is 306. The van der Waals surface area contributed by atoms with Crippen molar-refractivity contribution in [2.45, 2.75) is 25.3 Å². The van der Waals surface area contributed by atoms with E-state index in [0.717, 1.165) is 12.3 Å². The normalized spacial score (nSPS) is 19.9. The molecule has 1 atom stereocenters. The summed E-state index contributed by atoms with van der Waals surface area (Å²) in [4.78, 5) is 0. The number of alkyl halides is 1. The Labute approximate surface area is 95.8 Å². The van der Waals surface area contributed by atoms with Crippen LogP contribution in [0.15, 0.2) is 24.3 Å². The molecule has 16 heavy (non-hydrogen) atoms. The Balaban J connectivity index is 1.88. The van der Waals surface area contributed by atoms with Gasteiger partial charge in [0.15, 0.2) is 0 Å². The van der Waals surface area contributed by atoms with Gasteiger partial charge in [-0.1, -0.05) is 12.1 Å². The average Bonchev–Trinajstić information content (AvgIpc) is 2.84. The van der Waals surface area contributed by atoms with E-state index in [2.05, 4.69) is 17.4 Å². The second-order valence-corrected chi connectivity index (χ2v) is 4.11. The lowest BCUT2D eigenvalue weighted by molar-refractivity contribution is 0.289. The number of benzene rings is 1. The number of halogens is 1. The molecule has 1 aliphatic heterocycles. The molecule has 0 saturated carbocycles. The molecular formula is C13H18FNO. The van der Waals surface area contributed by atoms with Crippen LogP contribution in [0.5, 0.6) is 5.75 Å². The van der Waals surface area contributed by atoms with Gasteiger partial charge in [-0.25, -0.2) is 0 Å². The summed E-state index contributed by atoms with van der Waals surface area (Å²) in [6.07, 6.45) is 2.92. The number of rotatable bonds is 5. The fraction of sp³-hybridized carbons (Fsp3) is 0.538. The number of hydrogen-bond donors (Lipinski definition) is 1. The van der Waals surface area contributed by atoms with Gasteiger partial charge in [0.2, 0.25) is 0 Å². The Morgan fingerprint density at radius 3 is 2.75 bits per heavy atom. The van der Waals surface area contributed by atoms with Crippen LogP contribution in [0.3, 0.4) is 0 Å². The van der Waals surface area contributed by atoms with Gasteiger partial charge in [0.25, 0.3) is 0 Å². The van der Waals surface area contributed by atoms with Crippen molar-refractivity contribution in [1.29, 1.82) is 0 Å². The van der Waals surface area contributed by atoms with Crippen molar-refractivity contribution in [3.63, 3.8) is 0 Å². The highest BCUT2D eigenvalue weighted by molar-refractivity contribution is 5.29. The summed E-state index contributed by atoms with van der Waals surface area (Å²) >= 11 is 0. The molecule has 0 bridgehead atoms. The number of ether oxygens (including phenoxy) is 1. The zero-order valence-electron chi connectivity index (χ0n) is 9.42. The van der Waals surface area contributed by atoms with E-state index in [0.29, 0.717) is 19.1 Å². The molecule has 1 fully saturated rings. The van der Waals surface area contributed by atoms with E-state index in [1.807, 2.05) is 12.1 Å². The van der Waals surface area contributed by atoms with Crippen LogP contribution >= 0.6 is 0 Å². The molecule has 2 rings (SSSR count). The molecule has 0 radical (unpaired) electrons. The maximum Gasteiger partial charge on any atom is 0.119 e. The first-order valence-electron chi connectivity index (χ1n) is 5.92. The third-order valence-corrected chi connectivity index (χ3v) is 2.89. The fourth-order valence-corrected chi connectivity index (χ4v) is 2.01. The van der Waals surface area contributed by atoms with E-state index >= 15 is 0 Å². The van der Waals surface area contributed by atoms with Crippen LogP contribution in [0, 0.1) is 0 Å². The van der Waals surface area contributed by atoms with Crippen LogP contribution in [0.2, 0.25) is 0 Å². The van der Waals surface area contributed by atoms with Gasteiger partial charge in [0.05, 0.1) is 13.3 Å². The lowest BCUT2D eigenvalue weighted by Crippen LogP contribution is -2.12. The highest BCUT2D eigenvalue weighted by Crippen LogP contribution is 2.24. The Morgan fingerprint density at radius 1 is 1.31 bits per heavy atom.